The van der Waals surface area contributed by atoms with E-state index in [0.717, 1.165) is 5.69 Å². The number of nitrogen functional groups attached to an aromatic ring is 1. The van der Waals surface area contributed by atoms with Gasteiger partial charge in [0, 0.05) is 18.2 Å². The predicted molar refractivity (Wildman–Crippen MR) is 79.0 cm³/mol. The second kappa shape index (κ2) is 6.04. The lowest BCUT2D eigenvalue weighted by molar-refractivity contribution is 0.347. The van der Waals surface area contributed by atoms with E-state index in [1.54, 1.807) is 14.2 Å². The highest BCUT2D eigenvalue weighted by atomic mass is 16.5. The molecule has 1 saturated carbocycles. The van der Waals surface area contributed by atoms with Crippen LogP contribution in [0.3, 0.4) is 0 Å². The second-order valence-electron chi connectivity index (χ2n) is 5.31. The summed E-state index contributed by atoms with van der Waals surface area (Å²) in [5.74, 6) is 2.06. The molecule has 2 rings (SSSR count). The van der Waals surface area contributed by atoms with Crippen LogP contribution in [0.1, 0.15) is 32.6 Å². The van der Waals surface area contributed by atoms with Crippen LogP contribution < -0.4 is 20.5 Å². The zero-order valence-electron chi connectivity index (χ0n) is 12.0. The molecular weight excluding hydrogens is 240 g/mol. The van der Waals surface area contributed by atoms with Crippen LogP contribution in [-0.2, 0) is 0 Å². The highest BCUT2D eigenvalue weighted by Gasteiger charge is 2.22. The van der Waals surface area contributed by atoms with Gasteiger partial charge in [-0.25, -0.2) is 0 Å². The number of nitrogens with one attached hydrogen (secondary N) is 1. The van der Waals surface area contributed by atoms with Gasteiger partial charge in [-0.2, -0.15) is 0 Å². The molecule has 0 bridgehead atoms. The summed E-state index contributed by atoms with van der Waals surface area (Å²) in [6.45, 7) is 2.30. The molecule has 0 saturated heterocycles. The molecule has 0 amide bonds. The molecule has 0 spiro atoms. The molecule has 0 aliphatic heterocycles. The maximum atomic E-state index is 6.09. The first-order valence-corrected chi connectivity index (χ1v) is 6.93. The van der Waals surface area contributed by atoms with Crippen molar-refractivity contribution in [2.75, 3.05) is 25.3 Å². The third kappa shape index (κ3) is 3.06. The Bertz CT molecular complexity index is 434. The van der Waals surface area contributed by atoms with Gasteiger partial charge in [-0.1, -0.05) is 19.8 Å². The summed E-state index contributed by atoms with van der Waals surface area (Å²) in [5.41, 5.74) is 7.73. The molecular formula is C15H24N2O2. The van der Waals surface area contributed by atoms with E-state index in [4.69, 9.17) is 15.2 Å². The van der Waals surface area contributed by atoms with Crippen LogP contribution in [0.4, 0.5) is 11.4 Å². The van der Waals surface area contributed by atoms with Crippen LogP contribution in [0.2, 0.25) is 0 Å². The van der Waals surface area contributed by atoms with Gasteiger partial charge in [0.2, 0.25) is 0 Å². The number of hydrogen-bond acceptors (Lipinski definition) is 4. The molecule has 0 aromatic heterocycles. The van der Waals surface area contributed by atoms with Crippen LogP contribution in [0.15, 0.2) is 12.1 Å². The minimum absolute atomic E-state index is 0.495. The van der Waals surface area contributed by atoms with Gasteiger partial charge in [0.15, 0.2) is 11.5 Å². The average molecular weight is 264 g/mol. The van der Waals surface area contributed by atoms with E-state index in [1.165, 1.54) is 25.7 Å². The fourth-order valence-electron chi connectivity index (χ4n) is 2.75. The molecule has 106 valence electrons. The van der Waals surface area contributed by atoms with E-state index in [1.807, 2.05) is 12.1 Å². The summed E-state index contributed by atoms with van der Waals surface area (Å²) < 4.78 is 10.6. The minimum Gasteiger partial charge on any atom is -0.493 e. The van der Waals surface area contributed by atoms with Crippen LogP contribution in [-0.4, -0.2) is 20.3 Å². The number of ether oxygens (including phenoxy) is 2. The molecule has 3 N–H and O–H groups in total. The molecule has 0 heterocycles. The van der Waals surface area contributed by atoms with Crippen molar-refractivity contribution in [2.24, 2.45) is 5.92 Å². The number of benzene rings is 1. The largest absolute Gasteiger partial charge is 0.493 e. The Hall–Kier alpha value is -1.58. The highest BCUT2D eigenvalue weighted by Crippen LogP contribution is 2.36. The zero-order chi connectivity index (χ0) is 13.8. The van der Waals surface area contributed by atoms with Gasteiger partial charge in [-0.15, -0.1) is 0 Å². The molecule has 4 nitrogen and oxygen atoms in total. The third-order valence-electron chi connectivity index (χ3n) is 4.01. The molecule has 19 heavy (non-hydrogen) atoms. The molecule has 1 fully saturated rings. The fourth-order valence-corrected chi connectivity index (χ4v) is 2.75. The van der Waals surface area contributed by atoms with Gasteiger partial charge >= 0.3 is 0 Å². The number of hydrogen-bond donors (Lipinski definition) is 2. The molecule has 4 heteroatoms. The molecule has 2 unspecified atom stereocenters. The van der Waals surface area contributed by atoms with E-state index in [0.29, 0.717) is 29.1 Å². The first-order valence-electron chi connectivity index (χ1n) is 6.93. The van der Waals surface area contributed by atoms with Crippen molar-refractivity contribution in [3.8, 4) is 11.5 Å². The molecule has 0 radical (unpaired) electrons. The Kier molecular flexibility index (Phi) is 4.40. The van der Waals surface area contributed by atoms with Crippen LogP contribution >= 0.6 is 0 Å². The van der Waals surface area contributed by atoms with E-state index >= 15 is 0 Å². The van der Waals surface area contributed by atoms with E-state index in [9.17, 15) is 0 Å². The van der Waals surface area contributed by atoms with Crippen molar-refractivity contribution in [2.45, 2.75) is 38.6 Å². The first-order chi connectivity index (χ1) is 9.15. The lowest BCUT2D eigenvalue weighted by atomic mass is 9.86. The van der Waals surface area contributed by atoms with E-state index in [-0.39, 0.29) is 0 Å². The third-order valence-corrected chi connectivity index (χ3v) is 4.01. The Morgan fingerprint density at radius 1 is 1.11 bits per heavy atom. The highest BCUT2D eigenvalue weighted by molar-refractivity contribution is 5.72. The van der Waals surface area contributed by atoms with Crippen LogP contribution in [0.5, 0.6) is 11.5 Å². The molecule has 2 atom stereocenters. The second-order valence-corrected chi connectivity index (χ2v) is 5.31. The Morgan fingerprint density at radius 3 is 2.37 bits per heavy atom. The number of rotatable bonds is 4. The van der Waals surface area contributed by atoms with Gasteiger partial charge in [0.1, 0.15) is 0 Å². The van der Waals surface area contributed by atoms with Gasteiger partial charge in [0.05, 0.1) is 25.6 Å². The van der Waals surface area contributed by atoms with Crippen molar-refractivity contribution in [1.82, 2.24) is 0 Å². The smallest absolute Gasteiger partial charge is 0.162 e. The lowest BCUT2D eigenvalue weighted by Gasteiger charge is -2.31. The van der Waals surface area contributed by atoms with Crippen molar-refractivity contribution >= 4 is 11.4 Å². The van der Waals surface area contributed by atoms with E-state index < -0.39 is 0 Å². The Labute approximate surface area is 115 Å². The monoisotopic (exact) mass is 264 g/mol. The van der Waals surface area contributed by atoms with Crippen molar-refractivity contribution in [1.29, 1.82) is 0 Å². The summed E-state index contributed by atoms with van der Waals surface area (Å²) in [6.07, 6.45) is 5.11. The quantitative estimate of drug-likeness (QED) is 0.819. The lowest BCUT2D eigenvalue weighted by Crippen LogP contribution is -2.30. The summed E-state index contributed by atoms with van der Waals surface area (Å²) in [5, 5.41) is 3.56. The fraction of sp³-hybridized carbons (Fsp3) is 0.600. The number of anilines is 2. The van der Waals surface area contributed by atoms with Crippen LogP contribution in [0, 0.1) is 5.92 Å². The summed E-state index contributed by atoms with van der Waals surface area (Å²) >= 11 is 0. The van der Waals surface area contributed by atoms with Crippen molar-refractivity contribution in [3.63, 3.8) is 0 Å². The normalized spacial score (nSPS) is 22.9. The van der Waals surface area contributed by atoms with Gasteiger partial charge < -0.3 is 20.5 Å². The van der Waals surface area contributed by atoms with Crippen LogP contribution in [0.25, 0.3) is 0 Å². The maximum Gasteiger partial charge on any atom is 0.162 e. The first kappa shape index (κ1) is 13.8. The molecule has 1 aromatic carbocycles. The Morgan fingerprint density at radius 2 is 1.74 bits per heavy atom. The minimum atomic E-state index is 0.495. The number of nitrogens with two attached hydrogens (primary N) is 1. The van der Waals surface area contributed by atoms with Gasteiger partial charge in [-0.3, -0.25) is 0 Å². The van der Waals surface area contributed by atoms with Crippen molar-refractivity contribution in [3.05, 3.63) is 12.1 Å². The van der Waals surface area contributed by atoms with E-state index in [2.05, 4.69) is 12.2 Å². The topological polar surface area (TPSA) is 56.5 Å². The summed E-state index contributed by atoms with van der Waals surface area (Å²) in [4.78, 5) is 0. The van der Waals surface area contributed by atoms with Gasteiger partial charge in [-0.05, 0) is 18.8 Å². The standard InChI is InChI=1S/C15H24N2O2/c1-10-6-4-5-7-12(10)17-13-9-15(19-3)14(18-2)8-11(13)16/h8-10,12,17H,4-7,16H2,1-3H3. The van der Waals surface area contributed by atoms with Gasteiger partial charge in [0.25, 0.3) is 0 Å². The van der Waals surface area contributed by atoms with Crippen molar-refractivity contribution < 1.29 is 9.47 Å². The molecule has 1 aliphatic carbocycles. The maximum absolute atomic E-state index is 6.09. The zero-order valence-corrected chi connectivity index (χ0v) is 12.0. The summed E-state index contributed by atoms with van der Waals surface area (Å²) in [6, 6.07) is 4.23. The number of methoxy groups -OCH3 is 2. The average Bonchev–Trinajstić information content (AvgIpc) is 2.42. The molecule has 1 aromatic rings. The summed E-state index contributed by atoms with van der Waals surface area (Å²) in [7, 11) is 3.26. The molecule has 1 aliphatic rings. The predicted octanol–water partition coefficient (Wildman–Crippen LogP) is 3.28. The SMILES string of the molecule is COc1cc(N)c(NC2CCCCC2C)cc1OC. The Balaban J connectivity index is 2.19.